The standard InChI is InChI=1S/C14H21FO4/c1-11(16)13-5-4-12(15)10-14(13)19-9-8-18-7-3-6-17-2/h4-5,10-11,16H,3,6-9H2,1-2H3. The highest BCUT2D eigenvalue weighted by atomic mass is 19.1. The molecule has 0 aliphatic heterocycles. The van der Waals surface area contributed by atoms with Crippen LogP contribution in [-0.4, -0.2) is 38.6 Å². The van der Waals surface area contributed by atoms with Crippen LogP contribution in [0.25, 0.3) is 0 Å². The third kappa shape index (κ3) is 6.00. The minimum Gasteiger partial charge on any atom is -0.491 e. The quantitative estimate of drug-likeness (QED) is 0.701. The van der Waals surface area contributed by atoms with E-state index in [1.165, 1.54) is 18.2 Å². The van der Waals surface area contributed by atoms with Gasteiger partial charge in [0.1, 0.15) is 18.2 Å². The fraction of sp³-hybridized carbons (Fsp3) is 0.571. The molecule has 108 valence electrons. The van der Waals surface area contributed by atoms with Crippen molar-refractivity contribution in [3.63, 3.8) is 0 Å². The van der Waals surface area contributed by atoms with Gasteiger partial charge in [0.05, 0.1) is 12.7 Å². The molecule has 1 N–H and O–H groups in total. The van der Waals surface area contributed by atoms with Crippen LogP contribution in [-0.2, 0) is 9.47 Å². The van der Waals surface area contributed by atoms with Gasteiger partial charge in [0, 0.05) is 32.0 Å². The third-order valence-electron chi connectivity index (χ3n) is 2.55. The van der Waals surface area contributed by atoms with Crippen molar-refractivity contribution in [2.75, 3.05) is 33.5 Å². The molecule has 19 heavy (non-hydrogen) atoms. The first-order valence-corrected chi connectivity index (χ1v) is 6.32. The molecular formula is C14H21FO4. The van der Waals surface area contributed by atoms with Crippen LogP contribution in [0.5, 0.6) is 5.75 Å². The Morgan fingerprint density at radius 1 is 1.21 bits per heavy atom. The maximum Gasteiger partial charge on any atom is 0.128 e. The maximum absolute atomic E-state index is 13.1. The van der Waals surface area contributed by atoms with Gasteiger partial charge in [-0.3, -0.25) is 0 Å². The van der Waals surface area contributed by atoms with E-state index in [2.05, 4.69) is 0 Å². The third-order valence-corrected chi connectivity index (χ3v) is 2.55. The number of aliphatic hydroxyl groups is 1. The monoisotopic (exact) mass is 272 g/mol. The molecule has 0 aliphatic rings. The summed E-state index contributed by atoms with van der Waals surface area (Å²) in [5.74, 6) is -0.0316. The molecule has 0 aliphatic carbocycles. The molecule has 0 aromatic heterocycles. The summed E-state index contributed by atoms with van der Waals surface area (Å²) >= 11 is 0. The highest BCUT2D eigenvalue weighted by Gasteiger charge is 2.10. The zero-order valence-electron chi connectivity index (χ0n) is 11.4. The molecule has 1 unspecified atom stereocenters. The van der Waals surface area contributed by atoms with Gasteiger partial charge in [0.2, 0.25) is 0 Å². The Labute approximate surface area is 113 Å². The molecule has 5 heteroatoms. The summed E-state index contributed by atoms with van der Waals surface area (Å²) in [6.45, 7) is 3.61. The van der Waals surface area contributed by atoms with E-state index in [9.17, 15) is 9.50 Å². The van der Waals surface area contributed by atoms with Crippen molar-refractivity contribution in [1.82, 2.24) is 0 Å². The van der Waals surface area contributed by atoms with E-state index in [-0.39, 0.29) is 5.82 Å². The molecule has 0 heterocycles. The van der Waals surface area contributed by atoms with Crippen molar-refractivity contribution in [2.24, 2.45) is 0 Å². The zero-order valence-corrected chi connectivity index (χ0v) is 11.4. The summed E-state index contributed by atoms with van der Waals surface area (Å²) in [5, 5.41) is 9.55. The summed E-state index contributed by atoms with van der Waals surface area (Å²) < 4.78 is 28.8. The molecule has 0 saturated heterocycles. The number of methoxy groups -OCH3 is 1. The van der Waals surface area contributed by atoms with Gasteiger partial charge >= 0.3 is 0 Å². The van der Waals surface area contributed by atoms with Gasteiger partial charge in [0.25, 0.3) is 0 Å². The van der Waals surface area contributed by atoms with Gasteiger partial charge in [-0.25, -0.2) is 4.39 Å². The number of halogens is 1. The van der Waals surface area contributed by atoms with Crippen molar-refractivity contribution >= 4 is 0 Å². The predicted octanol–water partition coefficient (Wildman–Crippen LogP) is 2.31. The van der Waals surface area contributed by atoms with E-state index >= 15 is 0 Å². The van der Waals surface area contributed by atoms with Gasteiger partial charge in [0.15, 0.2) is 0 Å². The highest BCUT2D eigenvalue weighted by molar-refractivity contribution is 5.35. The Morgan fingerprint density at radius 3 is 2.68 bits per heavy atom. The molecule has 0 bridgehead atoms. The molecule has 1 aromatic carbocycles. The van der Waals surface area contributed by atoms with Gasteiger partial charge in [-0.05, 0) is 25.5 Å². The number of aliphatic hydroxyl groups excluding tert-OH is 1. The van der Waals surface area contributed by atoms with E-state index in [0.717, 1.165) is 6.42 Å². The SMILES string of the molecule is COCCCOCCOc1cc(F)ccc1C(C)O. The first kappa shape index (κ1) is 15.9. The smallest absolute Gasteiger partial charge is 0.128 e. The average molecular weight is 272 g/mol. The molecule has 0 radical (unpaired) electrons. The number of hydrogen-bond acceptors (Lipinski definition) is 4. The summed E-state index contributed by atoms with van der Waals surface area (Å²) in [6.07, 6.45) is 0.133. The van der Waals surface area contributed by atoms with Crippen LogP contribution >= 0.6 is 0 Å². The Morgan fingerprint density at radius 2 is 2.00 bits per heavy atom. The second-order valence-corrected chi connectivity index (χ2v) is 4.17. The minimum absolute atomic E-state index is 0.316. The lowest BCUT2D eigenvalue weighted by atomic mass is 10.1. The van der Waals surface area contributed by atoms with Crippen LogP contribution in [0, 0.1) is 5.82 Å². The molecule has 1 atom stereocenters. The van der Waals surface area contributed by atoms with E-state index in [1.807, 2.05) is 0 Å². The van der Waals surface area contributed by atoms with Crippen molar-refractivity contribution < 1.29 is 23.7 Å². The van der Waals surface area contributed by atoms with Crippen LogP contribution in [0.3, 0.4) is 0 Å². The predicted molar refractivity (Wildman–Crippen MR) is 69.8 cm³/mol. The first-order valence-electron chi connectivity index (χ1n) is 6.32. The molecule has 1 aromatic rings. The average Bonchev–Trinajstić information content (AvgIpc) is 2.37. The van der Waals surface area contributed by atoms with E-state index in [0.29, 0.717) is 37.7 Å². The molecule has 4 nitrogen and oxygen atoms in total. The number of rotatable bonds is 9. The molecule has 0 fully saturated rings. The van der Waals surface area contributed by atoms with E-state index < -0.39 is 6.10 Å². The fourth-order valence-corrected chi connectivity index (χ4v) is 1.60. The first-order chi connectivity index (χ1) is 9.15. The largest absolute Gasteiger partial charge is 0.491 e. The molecule has 0 amide bonds. The summed E-state index contributed by atoms with van der Waals surface area (Å²) in [4.78, 5) is 0. The lowest BCUT2D eigenvalue weighted by Gasteiger charge is -2.13. The summed E-state index contributed by atoms with van der Waals surface area (Å²) in [6, 6.07) is 4.10. The molecule has 0 saturated carbocycles. The van der Waals surface area contributed by atoms with Crippen molar-refractivity contribution in [3.05, 3.63) is 29.6 Å². The van der Waals surface area contributed by atoms with Crippen LogP contribution in [0.2, 0.25) is 0 Å². The lowest BCUT2D eigenvalue weighted by Crippen LogP contribution is -2.10. The molecule has 1 rings (SSSR count). The number of hydrogen-bond donors (Lipinski definition) is 1. The van der Waals surface area contributed by atoms with Crippen LogP contribution in [0.4, 0.5) is 4.39 Å². The van der Waals surface area contributed by atoms with Crippen LogP contribution in [0.15, 0.2) is 18.2 Å². The van der Waals surface area contributed by atoms with Gasteiger partial charge < -0.3 is 19.3 Å². The fourth-order valence-electron chi connectivity index (χ4n) is 1.60. The summed E-state index contributed by atoms with van der Waals surface area (Å²) in [7, 11) is 1.64. The highest BCUT2D eigenvalue weighted by Crippen LogP contribution is 2.25. The zero-order chi connectivity index (χ0) is 14.1. The lowest BCUT2D eigenvalue weighted by molar-refractivity contribution is 0.0794. The van der Waals surface area contributed by atoms with Gasteiger partial charge in [-0.2, -0.15) is 0 Å². The Hall–Kier alpha value is -1.17. The van der Waals surface area contributed by atoms with E-state index in [1.54, 1.807) is 14.0 Å². The van der Waals surface area contributed by atoms with Crippen LogP contribution in [0.1, 0.15) is 25.0 Å². The Balaban J connectivity index is 2.34. The minimum atomic E-state index is -0.696. The number of ether oxygens (including phenoxy) is 3. The second-order valence-electron chi connectivity index (χ2n) is 4.17. The maximum atomic E-state index is 13.1. The van der Waals surface area contributed by atoms with Crippen LogP contribution < -0.4 is 4.74 Å². The van der Waals surface area contributed by atoms with Gasteiger partial charge in [-0.15, -0.1) is 0 Å². The topological polar surface area (TPSA) is 47.9 Å². The Kier molecular flexibility index (Phi) is 7.40. The molecular weight excluding hydrogens is 251 g/mol. The normalized spacial score (nSPS) is 12.4. The summed E-state index contributed by atoms with van der Waals surface area (Å²) in [5.41, 5.74) is 0.570. The Bertz CT molecular complexity index is 368. The number of benzene rings is 1. The van der Waals surface area contributed by atoms with E-state index in [4.69, 9.17) is 14.2 Å². The van der Waals surface area contributed by atoms with Crippen molar-refractivity contribution in [2.45, 2.75) is 19.4 Å². The van der Waals surface area contributed by atoms with Crippen molar-refractivity contribution in [3.8, 4) is 5.75 Å². The van der Waals surface area contributed by atoms with Gasteiger partial charge in [-0.1, -0.05) is 0 Å². The molecule has 0 spiro atoms. The second kappa shape index (κ2) is 8.85. The van der Waals surface area contributed by atoms with Crippen molar-refractivity contribution in [1.29, 1.82) is 0 Å².